The predicted octanol–water partition coefficient (Wildman–Crippen LogP) is 6.94. The summed E-state index contributed by atoms with van der Waals surface area (Å²) < 4.78 is 3.37. The number of thiophene rings is 1. The summed E-state index contributed by atoms with van der Waals surface area (Å²) in [4.78, 5) is 9.92. The van der Waals surface area contributed by atoms with Gasteiger partial charge in [0.1, 0.15) is 0 Å². The van der Waals surface area contributed by atoms with E-state index in [2.05, 4.69) is 70.5 Å². The Labute approximate surface area is 163 Å². The van der Waals surface area contributed by atoms with Crippen LogP contribution in [0.15, 0.2) is 83.3 Å². The Hall–Kier alpha value is -2.56. The summed E-state index contributed by atoms with van der Waals surface area (Å²) in [5, 5.41) is 1.18. The molecule has 2 aromatic heterocycles. The third kappa shape index (κ3) is 2.54. The van der Waals surface area contributed by atoms with E-state index in [4.69, 9.17) is 9.97 Å². The standard InChI is InChI=1S/C22H13BrN2S/c23-17-12-6-4-10-15(17)22-24-19(14-8-2-1-3-9-14)21-20(25-22)16-11-5-7-13-18(16)26-21/h1-13H. The molecule has 0 fully saturated rings. The van der Waals surface area contributed by atoms with E-state index in [0.29, 0.717) is 0 Å². The highest BCUT2D eigenvalue weighted by atomic mass is 79.9. The zero-order chi connectivity index (χ0) is 17.5. The number of halogens is 1. The van der Waals surface area contributed by atoms with Crippen molar-refractivity contribution in [3.05, 3.63) is 83.3 Å². The summed E-state index contributed by atoms with van der Waals surface area (Å²) >= 11 is 5.40. The molecule has 0 amide bonds. The maximum atomic E-state index is 4.97. The Kier molecular flexibility index (Phi) is 3.80. The number of fused-ring (bicyclic) bond motifs is 3. The molecule has 0 unspecified atom stereocenters. The maximum absolute atomic E-state index is 4.97. The number of aromatic nitrogens is 2. The van der Waals surface area contributed by atoms with Gasteiger partial charge in [-0.05, 0) is 12.1 Å². The van der Waals surface area contributed by atoms with Crippen LogP contribution in [-0.4, -0.2) is 9.97 Å². The average molecular weight is 417 g/mol. The summed E-state index contributed by atoms with van der Waals surface area (Å²) in [7, 11) is 0. The van der Waals surface area contributed by atoms with Crippen molar-refractivity contribution in [2.24, 2.45) is 0 Å². The van der Waals surface area contributed by atoms with Crippen molar-refractivity contribution in [1.29, 1.82) is 0 Å². The summed E-state index contributed by atoms with van der Waals surface area (Å²) in [6.07, 6.45) is 0. The Morgan fingerprint density at radius 3 is 2.31 bits per heavy atom. The Morgan fingerprint density at radius 2 is 1.46 bits per heavy atom. The lowest BCUT2D eigenvalue weighted by Gasteiger charge is -2.08. The molecule has 2 nitrogen and oxygen atoms in total. The molecule has 3 aromatic carbocycles. The fraction of sp³-hybridized carbons (Fsp3) is 0. The lowest BCUT2D eigenvalue weighted by molar-refractivity contribution is 1.23. The van der Waals surface area contributed by atoms with E-state index in [0.717, 1.165) is 37.3 Å². The van der Waals surface area contributed by atoms with E-state index in [-0.39, 0.29) is 0 Å². The highest BCUT2D eigenvalue weighted by Gasteiger charge is 2.16. The van der Waals surface area contributed by atoms with Gasteiger partial charge in [-0.15, -0.1) is 11.3 Å². The molecular weight excluding hydrogens is 404 g/mol. The maximum Gasteiger partial charge on any atom is 0.161 e. The average Bonchev–Trinajstić information content (AvgIpc) is 3.07. The van der Waals surface area contributed by atoms with Crippen molar-refractivity contribution in [3.8, 4) is 22.6 Å². The van der Waals surface area contributed by atoms with Gasteiger partial charge in [0, 0.05) is 25.7 Å². The van der Waals surface area contributed by atoms with Gasteiger partial charge in [-0.1, -0.05) is 82.7 Å². The zero-order valence-corrected chi connectivity index (χ0v) is 16.1. The van der Waals surface area contributed by atoms with Crippen molar-refractivity contribution < 1.29 is 0 Å². The van der Waals surface area contributed by atoms with E-state index >= 15 is 0 Å². The minimum Gasteiger partial charge on any atom is -0.226 e. The van der Waals surface area contributed by atoms with Gasteiger partial charge in [0.15, 0.2) is 5.82 Å². The van der Waals surface area contributed by atoms with Crippen LogP contribution in [0.1, 0.15) is 0 Å². The normalized spacial score (nSPS) is 11.3. The molecule has 0 spiro atoms. The molecule has 0 aliphatic carbocycles. The third-order valence-electron chi connectivity index (χ3n) is 4.38. The molecule has 0 aliphatic rings. The second-order valence-electron chi connectivity index (χ2n) is 6.02. The van der Waals surface area contributed by atoms with Crippen molar-refractivity contribution in [2.45, 2.75) is 0 Å². The van der Waals surface area contributed by atoms with E-state index in [1.54, 1.807) is 11.3 Å². The molecule has 0 aliphatic heterocycles. The second kappa shape index (κ2) is 6.31. The Balaban J connectivity index is 1.91. The van der Waals surface area contributed by atoms with Gasteiger partial charge in [-0.3, -0.25) is 0 Å². The second-order valence-corrected chi connectivity index (χ2v) is 7.92. The monoisotopic (exact) mass is 416 g/mol. The first-order valence-corrected chi connectivity index (χ1v) is 9.92. The Bertz CT molecular complexity index is 1250. The molecule has 2 heterocycles. The topological polar surface area (TPSA) is 25.8 Å². The number of hydrogen-bond donors (Lipinski definition) is 0. The van der Waals surface area contributed by atoms with Crippen LogP contribution >= 0.6 is 27.3 Å². The zero-order valence-electron chi connectivity index (χ0n) is 13.7. The molecule has 0 radical (unpaired) electrons. The number of rotatable bonds is 2. The van der Waals surface area contributed by atoms with Crippen molar-refractivity contribution >= 4 is 47.6 Å². The van der Waals surface area contributed by atoms with Gasteiger partial charge < -0.3 is 0 Å². The van der Waals surface area contributed by atoms with Gasteiger partial charge in [-0.25, -0.2) is 9.97 Å². The molecule has 124 valence electrons. The summed E-state index contributed by atoms with van der Waals surface area (Å²) in [6, 6.07) is 26.9. The molecule has 5 rings (SSSR count). The highest BCUT2D eigenvalue weighted by molar-refractivity contribution is 9.10. The minimum absolute atomic E-state index is 0.743. The quantitative estimate of drug-likeness (QED) is 0.311. The lowest BCUT2D eigenvalue weighted by atomic mass is 10.1. The highest BCUT2D eigenvalue weighted by Crippen LogP contribution is 2.39. The predicted molar refractivity (Wildman–Crippen MR) is 113 cm³/mol. The van der Waals surface area contributed by atoms with Crippen molar-refractivity contribution in [1.82, 2.24) is 9.97 Å². The first kappa shape index (κ1) is 15.7. The summed E-state index contributed by atoms with van der Waals surface area (Å²) in [5.41, 5.74) is 4.12. The van der Waals surface area contributed by atoms with Gasteiger partial charge in [0.25, 0.3) is 0 Å². The van der Waals surface area contributed by atoms with E-state index < -0.39 is 0 Å². The molecule has 0 N–H and O–H groups in total. The molecule has 0 atom stereocenters. The van der Waals surface area contributed by atoms with Crippen LogP contribution in [0.3, 0.4) is 0 Å². The fourth-order valence-corrected chi connectivity index (χ4v) is 4.76. The van der Waals surface area contributed by atoms with E-state index in [9.17, 15) is 0 Å². The Morgan fingerprint density at radius 1 is 0.731 bits per heavy atom. The molecule has 0 bridgehead atoms. The van der Waals surface area contributed by atoms with Gasteiger partial charge in [-0.2, -0.15) is 0 Å². The van der Waals surface area contributed by atoms with Gasteiger partial charge in [0.2, 0.25) is 0 Å². The van der Waals surface area contributed by atoms with Crippen LogP contribution in [-0.2, 0) is 0 Å². The summed E-state index contributed by atoms with van der Waals surface area (Å²) in [6.45, 7) is 0. The molecule has 0 saturated heterocycles. The lowest BCUT2D eigenvalue weighted by Crippen LogP contribution is -1.94. The van der Waals surface area contributed by atoms with Crippen LogP contribution in [0.5, 0.6) is 0 Å². The SMILES string of the molecule is Brc1ccccc1-c1nc(-c2ccccc2)c2sc3ccccc3c2n1. The number of nitrogens with zero attached hydrogens (tertiary/aromatic N) is 2. The first-order valence-electron chi connectivity index (χ1n) is 8.31. The van der Waals surface area contributed by atoms with Gasteiger partial charge in [0.05, 0.1) is 15.9 Å². The van der Waals surface area contributed by atoms with Crippen molar-refractivity contribution in [2.75, 3.05) is 0 Å². The third-order valence-corrected chi connectivity index (χ3v) is 6.24. The van der Waals surface area contributed by atoms with Crippen molar-refractivity contribution in [3.63, 3.8) is 0 Å². The van der Waals surface area contributed by atoms with Crippen LogP contribution in [0, 0.1) is 0 Å². The summed E-state index contributed by atoms with van der Waals surface area (Å²) in [5.74, 6) is 0.743. The number of benzene rings is 3. The largest absolute Gasteiger partial charge is 0.226 e. The molecular formula is C22H13BrN2S. The van der Waals surface area contributed by atoms with Crippen LogP contribution in [0.4, 0.5) is 0 Å². The van der Waals surface area contributed by atoms with Crippen LogP contribution in [0.25, 0.3) is 42.9 Å². The molecule has 0 saturated carbocycles. The van der Waals surface area contributed by atoms with Gasteiger partial charge >= 0.3 is 0 Å². The molecule has 5 aromatic rings. The molecule has 4 heteroatoms. The molecule has 26 heavy (non-hydrogen) atoms. The van der Waals surface area contributed by atoms with Crippen LogP contribution < -0.4 is 0 Å². The fourth-order valence-electron chi connectivity index (χ4n) is 3.15. The van der Waals surface area contributed by atoms with E-state index in [1.807, 2.05) is 24.3 Å². The minimum atomic E-state index is 0.743. The van der Waals surface area contributed by atoms with Crippen LogP contribution in [0.2, 0.25) is 0 Å². The first-order chi connectivity index (χ1) is 12.8. The van der Waals surface area contributed by atoms with E-state index in [1.165, 1.54) is 10.1 Å². The number of hydrogen-bond acceptors (Lipinski definition) is 3. The smallest absolute Gasteiger partial charge is 0.161 e.